The van der Waals surface area contributed by atoms with Crippen molar-refractivity contribution in [1.29, 1.82) is 0 Å². The quantitative estimate of drug-likeness (QED) is 0.708. The number of nitrogens with one attached hydrogen (secondary N) is 1. The summed E-state index contributed by atoms with van der Waals surface area (Å²) in [6.45, 7) is 1.99. The fourth-order valence-electron chi connectivity index (χ4n) is 2.40. The maximum atomic E-state index is 13.9. The summed E-state index contributed by atoms with van der Waals surface area (Å²) < 4.78 is 27.6. The van der Waals surface area contributed by atoms with E-state index in [2.05, 4.69) is 15.3 Å². The van der Waals surface area contributed by atoms with Crippen LogP contribution in [0.1, 0.15) is 18.9 Å². The average Bonchev–Trinajstić information content (AvgIpc) is 2.54. The zero-order valence-corrected chi connectivity index (χ0v) is 13.2. The second-order valence-electron chi connectivity index (χ2n) is 5.19. The lowest BCUT2D eigenvalue weighted by Gasteiger charge is -2.10. The molecule has 1 aromatic carbocycles. The molecular weight excluding hydrogens is 320 g/mol. The highest BCUT2D eigenvalue weighted by molar-refractivity contribution is 6.31. The average molecular weight is 334 g/mol. The van der Waals surface area contributed by atoms with Gasteiger partial charge in [-0.3, -0.25) is 4.98 Å². The summed E-state index contributed by atoms with van der Waals surface area (Å²) in [5.74, 6) is -0.335. The maximum Gasteiger partial charge on any atom is 0.157 e. The zero-order valence-electron chi connectivity index (χ0n) is 12.4. The molecular formula is C17H14ClF2N3. The van der Waals surface area contributed by atoms with E-state index in [1.54, 1.807) is 12.1 Å². The molecule has 0 amide bonds. The van der Waals surface area contributed by atoms with Crippen molar-refractivity contribution in [1.82, 2.24) is 9.97 Å². The number of anilines is 2. The molecule has 0 bridgehead atoms. The van der Waals surface area contributed by atoms with Gasteiger partial charge in [0.2, 0.25) is 0 Å². The van der Waals surface area contributed by atoms with E-state index in [9.17, 15) is 8.78 Å². The molecule has 0 fully saturated rings. The van der Waals surface area contributed by atoms with E-state index in [4.69, 9.17) is 11.6 Å². The Hall–Kier alpha value is -2.27. The van der Waals surface area contributed by atoms with Gasteiger partial charge in [0.1, 0.15) is 11.3 Å². The number of pyridine rings is 2. The first-order valence-corrected chi connectivity index (χ1v) is 7.61. The molecule has 23 heavy (non-hydrogen) atoms. The van der Waals surface area contributed by atoms with Gasteiger partial charge in [-0.05, 0) is 36.2 Å². The van der Waals surface area contributed by atoms with Gasteiger partial charge in [-0.1, -0.05) is 24.9 Å². The van der Waals surface area contributed by atoms with Crippen LogP contribution >= 0.6 is 11.6 Å². The lowest BCUT2D eigenvalue weighted by atomic mass is 10.1. The smallest absolute Gasteiger partial charge is 0.157 e. The predicted octanol–water partition coefficient (Wildman–Crippen LogP) is 5.26. The Bertz CT molecular complexity index is 868. The minimum Gasteiger partial charge on any atom is -0.338 e. The fourth-order valence-corrected chi connectivity index (χ4v) is 2.56. The monoisotopic (exact) mass is 333 g/mol. The van der Waals surface area contributed by atoms with Gasteiger partial charge in [0.25, 0.3) is 0 Å². The number of hydrogen-bond donors (Lipinski definition) is 1. The Labute approximate surface area is 137 Å². The topological polar surface area (TPSA) is 37.8 Å². The molecule has 0 unspecified atom stereocenters. The number of fused-ring (bicyclic) bond motifs is 1. The first-order valence-electron chi connectivity index (χ1n) is 7.23. The van der Waals surface area contributed by atoms with Gasteiger partial charge in [0, 0.05) is 17.3 Å². The van der Waals surface area contributed by atoms with E-state index in [1.807, 2.05) is 6.92 Å². The molecule has 6 heteroatoms. The van der Waals surface area contributed by atoms with Crippen LogP contribution in [-0.4, -0.2) is 9.97 Å². The third-order valence-corrected chi connectivity index (χ3v) is 3.68. The Balaban J connectivity index is 2.02. The van der Waals surface area contributed by atoms with Crippen LogP contribution in [-0.2, 0) is 6.42 Å². The normalized spacial score (nSPS) is 11.0. The summed E-state index contributed by atoms with van der Waals surface area (Å²) in [5.41, 5.74) is 1.67. The van der Waals surface area contributed by atoms with Gasteiger partial charge in [0.15, 0.2) is 11.6 Å². The lowest BCUT2D eigenvalue weighted by Crippen LogP contribution is -1.99. The molecule has 0 spiro atoms. The van der Waals surface area contributed by atoms with Gasteiger partial charge >= 0.3 is 0 Å². The number of rotatable bonds is 4. The first-order chi connectivity index (χ1) is 11.1. The van der Waals surface area contributed by atoms with Crippen molar-refractivity contribution < 1.29 is 8.78 Å². The van der Waals surface area contributed by atoms with Crippen LogP contribution < -0.4 is 5.32 Å². The third kappa shape index (κ3) is 3.24. The molecule has 0 atom stereocenters. The van der Waals surface area contributed by atoms with Crippen LogP contribution in [0.4, 0.5) is 20.3 Å². The summed E-state index contributed by atoms with van der Waals surface area (Å²) in [6.07, 6.45) is 4.04. The molecule has 0 saturated carbocycles. The second kappa shape index (κ2) is 6.46. The van der Waals surface area contributed by atoms with Crippen LogP contribution in [0.15, 0.2) is 36.7 Å². The van der Waals surface area contributed by atoms with Crippen molar-refractivity contribution in [2.75, 3.05) is 5.32 Å². The summed E-state index contributed by atoms with van der Waals surface area (Å²) in [7, 11) is 0. The Morgan fingerprint density at radius 3 is 2.70 bits per heavy atom. The molecule has 3 rings (SSSR count). The molecule has 3 nitrogen and oxygen atoms in total. The van der Waals surface area contributed by atoms with Crippen molar-refractivity contribution in [2.45, 2.75) is 19.8 Å². The van der Waals surface area contributed by atoms with Gasteiger partial charge in [-0.15, -0.1) is 0 Å². The molecule has 2 aromatic heterocycles. The Morgan fingerprint density at radius 2 is 1.91 bits per heavy atom. The van der Waals surface area contributed by atoms with Crippen LogP contribution in [0.3, 0.4) is 0 Å². The van der Waals surface area contributed by atoms with E-state index in [0.717, 1.165) is 12.6 Å². The SMILES string of the molecule is CCCc1cc(Nc2ncc(F)c3cc(Cl)cnc23)ccc1F. The van der Waals surface area contributed by atoms with Crippen LogP contribution in [0.5, 0.6) is 0 Å². The first kappa shape index (κ1) is 15.6. The molecule has 118 valence electrons. The molecule has 3 aromatic rings. The van der Waals surface area contributed by atoms with Gasteiger partial charge < -0.3 is 5.32 Å². The standard InChI is InChI=1S/C17H14ClF2N3/c1-2-3-10-6-12(4-5-14(10)19)23-17-16-13(15(20)9-22-17)7-11(18)8-21-16/h4-9H,2-3H2,1H3,(H,22,23). The van der Waals surface area contributed by atoms with E-state index in [-0.39, 0.29) is 11.2 Å². The second-order valence-corrected chi connectivity index (χ2v) is 5.62. The summed E-state index contributed by atoms with van der Waals surface area (Å²) in [5, 5.41) is 3.70. The van der Waals surface area contributed by atoms with E-state index in [1.165, 1.54) is 18.3 Å². The molecule has 2 heterocycles. The number of aryl methyl sites for hydroxylation is 1. The fraction of sp³-hybridized carbons (Fsp3) is 0.176. The highest BCUT2D eigenvalue weighted by atomic mass is 35.5. The minimum absolute atomic E-state index is 0.237. The number of nitrogens with zero attached hydrogens (tertiary/aromatic N) is 2. The number of hydrogen-bond acceptors (Lipinski definition) is 3. The minimum atomic E-state index is -0.494. The molecule has 0 aliphatic rings. The lowest BCUT2D eigenvalue weighted by molar-refractivity contribution is 0.607. The summed E-state index contributed by atoms with van der Waals surface area (Å²) >= 11 is 5.86. The van der Waals surface area contributed by atoms with E-state index >= 15 is 0 Å². The van der Waals surface area contributed by atoms with Gasteiger partial charge in [0.05, 0.1) is 11.2 Å². The van der Waals surface area contributed by atoms with Crippen molar-refractivity contribution in [3.05, 3.63) is 58.9 Å². The van der Waals surface area contributed by atoms with Crippen molar-refractivity contribution in [3.63, 3.8) is 0 Å². The molecule has 1 N–H and O–H groups in total. The van der Waals surface area contributed by atoms with Gasteiger partial charge in [-0.25, -0.2) is 13.8 Å². The number of aromatic nitrogens is 2. The zero-order chi connectivity index (χ0) is 16.4. The number of halogens is 3. The summed E-state index contributed by atoms with van der Waals surface area (Å²) in [4.78, 5) is 8.19. The van der Waals surface area contributed by atoms with Crippen LogP contribution in [0.2, 0.25) is 5.02 Å². The van der Waals surface area contributed by atoms with E-state index in [0.29, 0.717) is 34.0 Å². The maximum absolute atomic E-state index is 13.9. The Morgan fingerprint density at radius 1 is 1.09 bits per heavy atom. The third-order valence-electron chi connectivity index (χ3n) is 3.47. The molecule has 0 saturated heterocycles. The highest BCUT2D eigenvalue weighted by Gasteiger charge is 2.11. The van der Waals surface area contributed by atoms with Crippen molar-refractivity contribution in [3.8, 4) is 0 Å². The molecule has 0 aliphatic carbocycles. The molecule has 0 radical (unpaired) electrons. The van der Waals surface area contributed by atoms with Crippen molar-refractivity contribution >= 4 is 34.0 Å². The largest absolute Gasteiger partial charge is 0.338 e. The van der Waals surface area contributed by atoms with E-state index < -0.39 is 5.82 Å². The molecule has 0 aliphatic heterocycles. The summed E-state index contributed by atoms with van der Waals surface area (Å²) in [6, 6.07) is 6.25. The highest BCUT2D eigenvalue weighted by Crippen LogP contribution is 2.27. The van der Waals surface area contributed by atoms with Crippen molar-refractivity contribution in [2.24, 2.45) is 0 Å². The van der Waals surface area contributed by atoms with Gasteiger partial charge in [-0.2, -0.15) is 0 Å². The van der Waals surface area contributed by atoms with Crippen LogP contribution in [0, 0.1) is 11.6 Å². The Kier molecular flexibility index (Phi) is 4.39. The predicted molar refractivity (Wildman–Crippen MR) is 88.2 cm³/mol. The number of benzene rings is 1. The van der Waals surface area contributed by atoms with Crippen LogP contribution in [0.25, 0.3) is 10.9 Å².